The van der Waals surface area contributed by atoms with Gasteiger partial charge in [0.25, 0.3) is 0 Å². The molecular weight excluding hydrogens is 788 g/mol. The van der Waals surface area contributed by atoms with Gasteiger partial charge in [-0.3, -0.25) is 19.1 Å². The Morgan fingerprint density at radius 3 is 2.40 bits per heavy atom. The molecule has 5 unspecified atom stereocenters. The fourth-order valence-electron chi connectivity index (χ4n) is 7.58. The number of likely N-dealkylation sites (tertiary alicyclic amines) is 1. The molecule has 1 saturated heterocycles. The van der Waals surface area contributed by atoms with Gasteiger partial charge in [-0.1, -0.05) is 52.0 Å². The topological polar surface area (TPSA) is 197 Å². The molecule has 0 radical (unpaired) electrons. The summed E-state index contributed by atoms with van der Waals surface area (Å²) in [7, 11) is 0. The van der Waals surface area contributed by atoms with Crippen LogP contribution in [0.15, 0.2) is 57.2 Å². The molecule has 0 bridgehead atoms. The van der Waals surface area contributed by atoms with E-state index in [0.29, 0.717) is 31.5 Å². The Morgan fingerprint density at radius 2 is 1.83 bits per heavy atom. The van der Waals surface area contributed by atoms with Crippen LogP contribution in [0.4, 0.5) is 22.0 Å². The van der Waals surface area contributed by atoms with Gasteiger partial charge in [-0.15, -0.1) is 0 Å². The number of amides is 3. The van der Waals surface area contributed by atoms with Crippen molar-refractivity contribution in [3.05, 3.63) is 70.2 Å². The van der Waals surface area contributed by atoms with Gasteiger partial charge in [0.1, 0.15) is 11.8 Å². The number of benzene rings is 1. The number of nitrogens with one attached hydrogen (secondary N) is 2. The molecule has 2 fully saturated rings. The number of hydrazone groups is 1. The molecule has 1 aliphatic heterocycles. The summed E-state index contributed by atoms with van der Waals surface area (Å²) in [5.74, 6) is 3.88. The van der Waals surface area contributed by atoms with Crippen molar-refractivity contribution in [3.8, 4) is 0 Å². The lowest BCUT2D eigenvalue weighted by Gasteiger charge is -2.33. The summed E-state index contributed by atoms with van der Waals surface area (Å²) < 4.78 is 68.3. The first-order valence-corrected chi connectivity index (χ1v) is 19.9. The van der Waals surface area contributed by atoms with Crippen molar-refractivity contribution in [3.63, 3.8) is 0 Å². The third-order valence-corrected chi connectivity index (χ3v) is 11.5. The van der Waals surface area contributed by atoms with Gasteiger partial charge in [0.15, 0.2) is 5.69 Å². The van der Waals surface area contributed by atoms with Gasteiger partial charge in [0.2, 0.25) is 17.7 Å². The third kappa shape index (κ3) is 10.6. The number of allylic oxidation sites excluding steroid dienone is 2. The van der Waals surface area contributed by atoms with Crippen LogP contribution in [0.2, 0.25) is 0 Å². The van der Waals surface area contributed by atoms with E-state index in [1.807, 2.05) is 39.0 Å². The number of alkyl halides is 5. The second kappa shape index (κ2) is 19.2. The molecule has 1 aliphatic carbocycles. The van der Waals surface area contributed by atoms with Crippen molar-refractivity contribution >= 4 is 47.7 Å². The van der Waals surface area contributed by atoms with E-state index in [4.69, 9.17) is 17.0 Å². The first kappa shape index (κ1) is 47.1. The molecule has 18 heteroatoms. The predicted octanol–water partition coefficient (Wildman–Crippen LogP) is 6.97. The van der Waals surface area contributed by atoms with Gasteiger partial charge in [0, 0.05) is 37.5 Å². The zero-order chi connectivity index (χ0) is 44.7. The summed E-state index contributed by atoms with van der Waals surface area (Å²) in [6.45, 7) is 9.61. The van der Waals surface area contributed by atoms with Crippen molar-refractivity contribution in [1.29, 1.82) is 5.41 Å². The fourth-order valence-corrected chi connectivity index (χ4v) is 7.58. The minimum absolute atomic E-state index is 0.0529. The summed E-state index contributed by atoms with van der Waals surface area (Å²) >= 11 is 0. The highest BCUT2D eigenvalue weighted by atomic mass is 19.4. The molecular formula is C42H55F5N10O3. The smallest absolute Gasteiger partial charge is 0.404 e. The summed E-state index contributed by atoms with van der Waals surface area (Å²) in [5, 5.41) is 17.5. The van der Waals surface area contributed by atoms with Gasteiger partial charge >= 0.3 is 12.7 Å². The highest BCUT2D eigenvalue weighted by molar-refractivity contribution is 6.36. The minimum Gasteiger partial charge on any atom is -0.404 e. The molecule has 1 spiro atoms. The van der Waals surface area contributed by atoms with Gasteiger partial charge in [-0.05, 0) is 98.4 Å². The van der Waals surface area contributed by atoms with Crippen molar-refractivity contribution in [2.75, 3.05) is 6.54 Å². The highest BCUT2D eigenvalue weighted by Gasteiger charge is 2.65. The quantitative estimate of drug-likeness (QED) is 0.0411. The largest absolute Gasteiger partial charge is 0.435 e. The number of halogens is 5. The Balaban J connectivity index is 1.67. The summed E-state index contributed by atoms with van der Waals surface area (Å²) in [5.41, 5.74) is 5.60. The first-order chi connectivity index (χ1) is 28.2. The van der Waals surface area contributed by atoms with Crippen molar-refractivity contribution in [2.24, 2.45) is 38.0 Å². The Bertz CT molecular complexity index is 2090. The molecule has 1 saturated carbocycles. The van der Waals surface area contributed by atoms with Crippen LogP contribution in [0.3, 0.4) is 0 Å². The zero-order valence-electron chi connectivity index (χ0n) is 35.0. The van der Waals surface area contributed by atoms with Crippen LogP contribution in [0, 0.1) is 16.7 Å². The van der Waals surface area contributed by atoms with Crippen LogP contribution in [-0.4, -0.2) is 81.4 Å². The lowest BCUT2D eigenvalue weighted by atomic mass is 9.86. The second-order valence-electron chi connectivity index (χ2n) is 16.1. The van der Waals surface area contributed by atoms with E-state index in [1.165, 1.54) is 18.7 Å². The number of nitrogens with two attached hydrogens (primary N) is 2. The first-order valence-electron chi connectivity index (χ1n) is 19.9. The van der Waals surface area contributed by atoms with Crippen LogP contribution in [0.1, 0.15) is 120 Å². The minimum atomic E-state index is -4.84. The lowest BCUT2D eigenvalue weighted by Crippen LogP contribution is -2.55. The third-order valence-electron chi connectivity index (χ3n) is 11.5. The number of aliphatic imine (C=N–C) groups is 2. The van der Waals surface area contributed by atoms with E-state index >= 15 is 0 Å². The molecule has 1 aromatic heterocycles. The Labute approximate surface area is 346 Å². The van der Waals surface area contributed by atoms with Crippen LogP contribution in [-0.2, 0) is 27.1 Å². The molecule has 60 heavy (non-hydrogen) atoms. The van der Waals surface area contributed by atoms with Crippen LogP contribution in [0.5, 0.6) is 0 Å². The highest BCUT2D eigenvalue weighted by Crippen LogP contribution is 2.66. The maximum atomic E-state index is 14.6. The van der Waals surface area contributed by atoms with Gasteiger partial charge < -0.3 is 27.2 Å². The normalized spacial score (nSPS) is 20.8. The summed E-state index contributed by atoms with van der Waals surface area (Å²) in [6, 6.07) is 5.46. The van der Waals surface area contributed by atoms with E-state index in [1.54, 1.807) is 6.21 Å². The van der Waals surface area contributed by atoms with Crippen molar-refractivity contribution in [1.82, 2.24) is 20.0 Å². The molecule has 2 aromatic rings. The molecule has 326 valence electrons. The van der Waals surface area contributed by atoms with E-state index in [-0.39, 0.29) is 66.1 Å². The van der Waals surface area contributed by atoms with Crippen molar-refractivity contribution in [2.45, 2.75) is 123 Å². The molecule has 2 heterocycles. The molecule has 1 aromatic carbocycles. The Kier molecular flexibility index (Phi) is 15.1. The zero-order valence-corrected chi connectivity index (χ0v) is 35.0. The van der Waals surface area contributed by atoms with E-state index < -0.39 is 41.3 Å². The number of carbonyl (C=O) groups is 3. The number of aromatic nitrogens is 2. The fraction of sp³-hybridized carbons (Fsp3) is 0.524. The van der Waals surface area contributed by atoms with Gasteiger partial charge in [-0.25, -0.2) is 9.98 Å². The summed E-state index contributed by atoms with van der Waals surface area (Å²) in [6.07, 6.45) is 3.29. The summed E-state index contributed by atoms with van der Waals surface area (Å²) in [4.78, 5) is 50.1. The standard InChI is InChI=1S/C42H55F5N10O3/c1-8-24(4)30-16-28(27(10-3)22-51-36(58)25(5)9-2)11-12-29(30)31-18-41(31)13-14-56(38(41)60)34(15-26(19-48)21-52-39(43)44)37(59)53-40(6,7)23-57-33(32(20-49)54-50)17-35(55-57)42(45,46)47/h10-12,16-17,19-22,24-25,31,34,39,49H,8-9,13-15,18,23,48,50H2,1-7H3,(H,53,59)/b26-19-,27-10+,49-20?,51-22?,52-21+,54-32+. The molecule has 2 aliphatic rings. The van der Waals surface area contributed by atoms with E-state index in [9.17, 15) is 36.3 Å². The Hall–Kier alpha value is -5.55. The number of carbonyl (C=O) groups excluding carboxylic acids is 3. The average molecular weight is 843 g/mol. The maximum absolute atomic E-state index is 14.6. The number of rotatable bonds is 18. The number of nitrogens with zero attached hydrogens (tertiary/aromatic N) is 6. The van der Waals surface area contributed by atoms with Crippen LogP contribution < -0.4 is 16.9 Å². The number of hydrogen-bond donors (Lipinski definition) is 4. The lowest BCUT2D eigenvalue weighted by molar-refractivity contribution is -0.141. The molecule has 4 rings (SSSR count). The predicted molar refractivity (Wildman–Crippen MR) is 222 cm³/mol. The molecule has 3 amide bonds. The monoisotopic (exact) mass is 842 g/mol. The maximum Gasteiger partial charge on any atom is 0.435 e. The SMILES string of the molecule is C/C=C(\C=NC(=O)C(C)CC)c1ccc(C2CC23CCN(C(CC(=C/N)/C=N/C(F)F)C(=O)NC(C)(C)Cn2nc(C(F)(F)F)cc2/C(C=N)=N/N)C3=O)c(C(C)CC)c1. The Morgan fingerprint density at radius 1 is 1.13 bits per heavy atom. The van der Waals surface area contributed by atoms with Gasteiger partial charge in [0.05, 0.1) is 23.2 Å². The average Bonchev–Trinajstić information content (AvgIpc) is 3.65. The molecule has 5 atom stereocenters. The van der Waals surface area contributed by atoms with Crippen molar-refractivity contribution < 1.29 is 36.3 Å². The number of hydrogen-bond acceptors (Lipinski definition) is 9. The van der Waals surface area contributed by atoms with E-state index in [0.717, 1.165) is 45.8 Å². The van der Waals surface area contributed by atoms with Crippen LogP contribution >= 0.6 is 0 Å². The van der Waals surface area contributed by atoms with Gasteiger partial charge in [-0.2, -0.15) is 32.2 Å². The van der Waals surface area contributed by atoms with E-state index in [2.05, 4.69) is 45.4 Å². The van der Waals surface area contributed by atoms with Crippen LogP contribution in [0.25, 0.3) is 5.57 Å². The second-order valence-corrected chi connectivity index (χ2v) is 16.1. The molecule has 13 nitrogen and oxygen atoms in total. The molecule has 6 N–H and O–H groups in total.